The summed E-state index contributed by atoms with van der Waals surface area (Å²) in [6.45, 7) is 0.518. The summed E-state index contributed by atoms with van der Waals surface area (Å²) in [5, 5.41) is 17.6. The van der Waals surface area contributed by atoms with Crippen LogP contribution in [0.25, 0.3) is 0 Å². The van der Waals surface area contributed by atoms with Gasteiger partial charge in [0.1, 0.15) is 0 Å². The topological polar surface area (TPSA) is 40.5 Å². The molecule has 0 aliphatic rings. The van der Waals surface area contributed by atoms with Crippen LogP contribution in [0.3, 0.4) is 0 Å². The second-order valence-electron chi connectivity index (χ2n) is 4.90. The first kappa shape index (κ1) is 18.7. The van der Waals surface area contributed by atoms with Gasteiger partial charge in [0, 0.05) is 44.3 Å². The largest absolute Gasteiger partial charge is 0.396 e. The van der Waals surface area contributed by atoms with E-state index in [1.165, 1.54) is 19.6 Å². The Morgan fingerprint density at radius 1 is 0.565 bits per heavy atom. The molecule has 0 amide bonds. The van der Waals surface area contributed by atoms with Crippen molar-refractivity contribution < 1.29 is 10.2 Å². The normalized spacial score (nSPS) is 10.9. The van der Waals surface area contributed by atoms with Crippen LogP contribution in [-0.2, 0) is 0 Å². The molecule has 2 nitrogen and oxygen atoms in total. The minimum atomic E-state index is 0.259. The first-order valence-electron chi connectivity index (χ1n) is 7.67. The summed E-state index contributed by atoms with van der Waals surface area (Å²) in [6.07, 6.45) is 1.67. The molecule has 2 aromatic rings. The van der Waals surface area contributed by atoms with Gasteiger partial charge in [0.15, 0.2) is 0 Å². The summed E-state index contributed by atoms with van der Waals surface area (Å²) in [7, 11) is 0. The minimum absolute atomic E-state index is 0.259. The number of benzene rings is 2. The third kappa shape index (κ3) is 7.23. The summed E-state index contributed by atoms with van der Waals surface area (Å²) >= 11 is 5.33. The number of hydrogen-bond donors (Lipinski definition) is 2. The van der Waals surface area contributed by atoms with E-state index < -0.39 is 0 Å². The van der Waals surface area contributed by atoms with Gasteiger partial charge in [-0.2, -0.15) is 0 Å². The van der Waals surface area contributed by atoms with Gasteiger partial charge < -0.3 is 10.2 Å². The van der Waals surface area contributed by atoms with E-state index in [0.717, 1.165) is 24.3 Å². The fourth-order valence-corrected chi connectivity index (χ4v) is 4.34. The van der Waals surface area contributed by atoms with Crippen molar-refractivity contribution in [3.8, 4) is 0 Å². The number of aliphatic hydroxyl groups excluding tert-OH is 2. The van der Waals surface area contributed by atoms with E-state index in [1.54, 1.807) is 35.3 Å². The number of thioether (sulfide) groups is 2. The first-order valence-corrected chi connectivity index (χ1v) is 10.5. The van der Waals surface area contributed by atoms with Gasteiger partial charge in [-0.1, -0.05) is 11.8 Å². The highest BCUT2D eigenvalue weighted by atomic mass is 32.2. The molecule has 124 valence electrons. The van der Waals surface area contributed by atoms with Crippen LogP contribution in [0, 0.1) is 0 Å². The van der Waals surface area contributed by atoms with Crippen molar-refractivity contribution in [3.05, 3.63) is 48.5 Å². The van der Waals surface area contributed by atoms with E-state index in [0.29, 0.717) is 0 Å². The molecule has 0 aliphatic heterocycles. The van der Waals surface area contributed by atoms with Crippen molar-refractivity contribution in [2.24, 2.45) is 0 Å². The third-order valence-corrected chi connectivity index (χ3v) is 6.24. The molecular weight excluding hydrogens is 344 g/mol. The molecule has 0 heterocycles. The Hall–Kier alpha value is -0.590. The highest BCUT2D eigenvalue weighted by Gasteiger charge is 2.00. The Labute approximate surface area is 151 Å². The van der Waals surface area contributed by atoms with Crippen molar-refractivity contribution in [1.29, 1.82) is 0 Å². The maximum absolute atomic E-state index is 8.80. The Balaban J connectivity index is 1.84. The Bertz CT molecular complexity index is 504. The standard InChI is InChI=1S/C18H22O2S3/c19-11-1-13-21-15-3-7-17(8-4-15)23-18-9-5-16(6-10-18)22-14-2-12-20/h3-10,19-20H,1-2,11-14H2. The van der Waals surface area contributed by atoms with Crippen LogP contribution in [-0.4, -0.2) is 34.9 Å². The van der Waals surface area contributed by atoms with Crippen LogP contribution in [0.5, 0.6) is 0 Å². The highest BCUT2D eigenvalue weighted by Crippen LogP contribution is 2.31. The van der Waals surface area contributed by atoms with Gasteiger partial charge in [-0.3, -0.25) is 0 Å². The summed E-state index contributed by atoms with van der Waals surface area (Å²) < 4.78 is 0. The Morgan fingerprint density at radius 2 is 0.913 bits per heavy atom. The zero-order valence-corrected chi connectivity index (χ0v) is 15.4. The van der Waals surface area contributed by atoms with Gasteiger partial charge in [-0.05, 0) is 61.4 Å². The van der Waals surface area contributed by atoms with Crippen LogP contribution in [0.1, 0.15) is 12.8 Å². The van der Waals surface area contributed by atoms with Crippen molar-refractivity contribution in [2.75, 3.05) is 24.7 Å². The molecule has 0 saturated carbocycles. The third-order valence-electron chi connectivity index (χ3n) is 3.03. The van der Waals surface area contributed by atoms with Crippen LogP contribution >= 0.6 is 35.3 Å². The molecule has 5 heteroatoms. The molecule has 0 radical (unpaired) electrons. The smallest absolute Gasteiger partial charge is 0.0439 e. The van der Waals surface area contributed by atoms with Crippen LogP contribution in [0.15, 0.2) is 68.1 Å². The fraction of sp³-hybridized carbons (Fsp3) is 0.333. The average Bonchev–Trinajstić information content (AvgIpc) is 2.58. The maximum atomic E-state index is 8.80. The number of rotatable bonds is 10. The Morgan fingerprint density at radius 3 is 1.26 bits per heavy atom. The molecule has 0 aromatic heterocycles. The van der Waals surface area contributed by atoms with Crippen molar-refractivity contribution in [1.82, 2.24) is 0 Å². The lowest BCUT2D eigenvalue weighted by atomic mass is 10.4. The van der Waals surface area contributed by atoms with Crippen LogP contribution in [0.2, 0.25) is 0 Å². The first-order chi connectivity index (χ1) is 11.3. The highest BCUT2D eigenvalue weighted by molar-refractivity contribution is 8.00. The van der Waals surface area contributed by atoms with Gasteiger partial charge >= 0.3 is 0 Å². The lowest BCUT2D eigenvalue weighted by Gasteiger charge is -2.05. The van der Waals surface area contributed by atoms with Gasteiger partial charge in [-0.25, -0.2) is 0 Å². The zero-order valence-electron chi connectivity index (χ0n) is 13.0. The van der Waals surface area contributed by atoms with Gasteiger partial charge in [0.2, 0.25) is 0 Å². The number of aliphatic hydroxyl groups is 2. The van der Waals surface area contributed by atoms with E-state index in [1.807, 2.05) is 0 Å². The Kier molecular flexibility index (Phi) is 9.01. The molecule has 2 N–H and O–H groups in total. The van der Waals surface area contributed by atoms with E-state index in [4.69, 9.17) is 10.2 Å². The van der Waals surface area contributed by atoms with Crippen molar-refractivity contribution >= 4 is 35.3 Å². The van der Waals surface area contributed by atoms with E-state index in [9.17, 15) is 0 Å². The molecule has 2 rings (SSSR count). The van der Waals surface area contributed by atoms with Gasteiger partial charge in [0.25, 0.3) is 0 Å². The predicted molar refractivity (Wildman–Crippen MR) is 102 cm³/mol. The lowest BCUT2D eigenvalue weighted by molar-refractivity contribution is 0.296. The fourth-order valence-electron chi connectivity index (χ4n) is 1.85. The van der Waals surface area contributed by atoms with E-state index in [-0.39, 0.29) is 13.2 Å². The molecule has 0 unspecified atom stereocenters. The molecule has 23 heavy (non-hydrogen) atoms. The molecule has 2 aromatic carbocycles. The van der Waals surface area contributed by atoms with Crippen LogP contribution < -0.4 is 0 Å². The van der Waals surface area contributed by atoms with Gasteiger partial charge in [-0.15, -0.1) is 23.5 Å². The average molecular weight is 367 g/mol. The monoisotopic (exact) mass is 366 g/mol. The summed E-state index contributed by atoms with van der Waals surface area (Å²) in [4.78, 5) is 4.96. The minimum Gasteiger partial charge on any atom is -0.396 e. The molecular formula is C18H22O2S3. The second-order valence-corrected chi connectivity index (χ2v) is 8.38. The molecule has 0 fully saturated rings. The second kappa shape index (κ2) is 11.0. The molecule has 0 aliphatic carbocycles. The number of hydrogen-bond acceptors (Lipinski definition) is 5. The summed E-state index contributed by atoms with van der Waals surface area (Å²) in [5.74, 6) is 1.91. The van der Waals surface area contributed by atoms with Crippen molar-refractivity contribution in [3.63, 3.8) is 0 Å². The molecule has 0 saturated heterocycles. The summed E-state index contributed by atoms with van der Waals surface area (Å²) in [5.41, 5.74) is 0. The van der Waals surface area contributed by atoms with Gasteiger partial charge in [0.05, 0.1) is 0 Å². The van der Waals surface area contributed by atoms with E-state index >= 15 is 0 Å². The molecule has 0 bridgehead atoms. The summed E-state index contributed by atoms with van der Waals surface area (Å²) in [6, 6.07) is 17.2. The van der Waals surface area contributed by atoms with E-state index in [2.05, 4.69) is 48.5 Å². The quantitative estimate of drug-likeness (QED) is 0.467. The molecule has 0 atom stereocenters. The molecule has 0 spiro atoms. The lowest BCUT2D eigenvalue weighted by Crippen LogP contribution is -1.85. The van der Waals surface area contributed by atoms with Crippen molar-refractivity contribution in [2.45, 2.75) is 32.4 Å². The SMILES string of the molecule is OCCCSc1ccc(Sc2ccc(SCCCO)cc2)cc1. The predicted octanol–water partition coefficient (Wildman–Crippen LogP) is 4.79. The maximum Gasteiger partial charge on any atom is 0.0439 e. The van der Waals surface area contributed by atoms with Crippen LogP contribution in [0.4, 0.5) is 0 Å². The zero-order chi connectivity index (χ0) is 16.3.